The maximum atomic E-state index is 3.51. The minimum Gasteiger partial charge on any atom is -0.316 e. The van der Waals surface area contributed by atoms with E-state index in [0.717, 1.165) is 13.1 Å². The normalized spacial score (nSPS) is 15.2. The lowest BCUT2D eigenvalue weighted by atomic mass is 9.83. The molecule has 0 saturated carbocycles. The average Bonchev–Trinajstić information content (AvgIpc) is 2.61. The largest absolute Gasteiger partial charge is 0.316 e. The Balaban J connectivity index is 2.59. The second-order valence-corrected chi connectivity index (χ2v) is 6.26. The van der Waals surface area contributed by atoms with Gasteiger partial charge in [0.15, 0.2) is 0 Å². The predicted molar refractivity (Wildman–Crippen MR) is 72.7 cm³/mol. The summed E-state index contributed by atoms with van der Waals surface area (Å²) in [7, 11) is 0. The monoisotopic (exact) mass is 289 g/mol. The maximum Gasteiger partial charge on any atom is 0.0285 e. The van der Waals surface area contributed by atoms with Crippen molar-refractivity contribution in [1.82, 2.24) is 5.32 Å². The summed E-state index contributed by atoms with van der Waals surface area (Å²) in [5.74, 6) is 0. The number of nitrogens with one attached hydrogen (secondary N) is 1. The molecular formula is C12H20BrNS. The van der Waals surface area contributed by atoms with Gasteiger partial charge in [-0.05, 0) is 46.8 Å². The Labute approximate surface area is 105 Å². The van der Waals surface area contributed by atoms with Gasteiger partial charge in [0.25, 0.3) is 0 Å². The van der Waals surface area contributed by atoms with Crippen LogP contribution in [0.4, 0.5) is 0 Å². The smallest absolute Gasteiger partial charge is 0.0285 e. The van der Waals surface area contributed by atoms with Crippen LogP contribution in [0.1, 0.15) is 32.1 Å². The summed E-state index contributed by atoms with van der Waals surface area (Å²) in [5.41, 5.74) is 0.389. The number of hydrogen-bond donors (Lipinski definition) is 1. The molecule has 0 aliphatic heterocycles. The number of rotatable bonds is 6. The molecule has 0 bridgehead atoms. The van der Waals surface area contributed by atoms with E-state index in [1.54, 1.807) is 0 Å². The van der Waals surface area contributed by atoms with E-state index in [2.05, 4.69) is 53.5 Å². The summed E-state index contributed by atoms with van der Waals surface area (Å²) in [6, 6.07) is 2.24. The fraction of sp³-hybridized carbons (Fsp3) is 0.667. The lowest BCUT2D eigenvalue weighted by Crippen LogP contribution is -2.32. The van der Waals surface area contributed by atoms with Crippen LogP contribution in [-0.2, 0) is 6.42 Å². The summed E-state index contributed by atoms with van der Waals surface area (Å²) in [4.78, 5) is 1.48. The van der Waals surface area contributed by atoms with E-state index >= 15 is 0 Å². The van der Waals surface area contributed by atoms with E-state index in [9.17, 15) is 0 Å². The molecule has 1 rings (SSSR count). The second kappa shape index (κ2) is 6.02. The molecule has 1 heterocycles. The zero-order valence-electron chi connectivity index (χ0n) is 9.77. The number of hydrogen-bond acceptors (Lipinski definition) is 2. The van der Waals surface area contributed by atoms with Gasteiger partial charge >= 0.3 is 0 Å². The highest BCUT2D eigenvalue weighted by Crippen LogP contribution is 2.30. The minimum absolute atomic E-state index is 0.389. The van der Waals surface area contributed by atoms with Crippen molar-refractivity contribution in [2.75, 3.05) is 13.1 Å². The van der Waals surface area contributed by atoms with Gasteiger partial charge < -0.3 is 5.32 Å². The molecule has 86 valence electrons. The fourth-order valence-corrected chi connectivity index (χ4v) is 3.27. The lowest BCUT2D eigenvalue weighted by molar-refractivity contribution is 0.295. The second-order valence-electron chi connectivity index (χ2n) is 4.35. The van der Waals surface area contributed by atoms with Crippen molar-refractivity contribution in [1.29, 1.82) is 0 Å². The van der Waals surface area contributed by atoms with E-state index in [-0.39, 0.29) is 0 Å². The van der Waals surface area contributed by atoms with Gasteiger partial charge in [-0.2, -0.15) is 0 Å². The molecular weight excluding hydrogens is 270 g/mol. The van der Waals surface area contributed by atoms with Crippen LogP contribution in [0, 0.1) is 5.41 Å². The summed E-state index contributed by atoms with van der Waals surface area (Å²) in [6.07, 6.45) is 2.39. The average molecular weight is 290 g/mol. The molecule has 0 fully saturated rings. The Morgan fingerprint density at radius 2 is 2.20 bits per heavy atom. The van der Waals surface area contributed by atoms with Crippen LogP contribution in [0.5, 0.6) is 0 Å². The Bertz CT molecular complexity index is 298. The van der Waals surface area contributed by atoms with Gasteiger partial charge in [0.1, 0.15) is 0 Å². The van der Waals surface area contributed by atoms with Crippen LogP contribution in [0.15, 0.2) is 15.9 Å². The van der Waals surface area contributed by atoms with E-state index < -0.39 is 0 Å². The molecule has 1 atom stereocenters. The Hall–Kier alpha value is 0.140. The zero-order chi connectivity index (χ0) is 11.3. The predicted octanol–water partition coefficient (Wildman–Crippen LogP) is 4.08. The minimum atomic E-state index is 0.389. The van der Waals surface area contributed by atoms with Gasteiger partial charge in [-0.1, -0.05) is 20.8 Å². The molecule has 1 aromatic heterocycles. The first-order chi connectivity index (χ1) is 7.09. The zero-order valence-corrected chi connectivity index (χ0v) is 12.2. The van der Waals surface area contributed by atoms with Crippen molar-refractivity contribution in [3.63, 3.8) is 0 Å². The van der Waals surface area contributed by atoms with Crippen molar-refractivity contribution >= 4 is 27.3 Å². The maximum absolute atomic E-state index is 3.51. The first-order valence-corrected chi connectivity index (χ1v) is 7.20. The van der Waals surface area contributed by atoms with Crippen LogP contribution in [0.3, 0.4) is 0 Å². The molecule has 1 N–H and O–H groups in total. The fourth-order valence-electron chi connectivity index (χ4n) is 1.61. The van der Waals surface area contributed by atoms with Gasteiger partial charge in [-0.3, -0.25) is 0 Å². The van der Waals surface area contributed by atoms with Crippen molar-refractivity contribution < 1.29 is 0 Å². The molecule has 3 heteroatoms. The highest BCUT2D eigenvalue weighted by Gasteiger charge is 2.22. The molecule has 0 aliphatic rings. The summed E-state index contributed by atoms with van der Waals surface area (Å²) in [6.45, 7) is 8.97. The molecule has 0 aliphatic carbocycles. The topological polar surface area (TPSA) is 12.0 Å². The lowest BCUT2D eigenvalue weighted by Gasteiger charge is -2.28. The highest BCUT2D eigenvalue weighted by atomic mass is 79.9. The number of thiophene rings is 1. The van der Waals surface area contributed by atoms with E-state index in [1.165, 1.54) is 22.2 Å². The third-order valence-electron chi connectivity index (χ3n) is 2.88. The van der Waals surface area contributed by atoms with E-state index in [0.29, 0.717) is 5.41 Å². The molecule has 1 unspecified atom stereocenters. The Kier molecular flexibility index (Phi) is 5.30. The van der Waals surface area contributed by atoms with Crippen molar-refractivity contribution in [3.8, 4) is 0 Å². The van der Waals surface area contributed by atoms with Crippen LogP contribution in [0.2, 0.25) is 0 Å². The number of halogens is 1. The third-order valence-corrected chi connectivity index (χ3v) is 4.58. The van der Waals surface area contributed by atoms with Crippen molar-refractivity contribution in [2.24, 2.45) is 5.41 Å². The van der Waals surface area contributed by atoms with Gasteiger partial charge in [0.2, 0.25) is 0 Å². The van der Waals surface area contributed by atoms with Crippen LogP contribution < -0.4 is 5.32 Å². The van der Waals surface area contributed by atoms with Gasteiger partial charge in [0, 0.05) is 21.3 Å². The van der Waals surface area contributed by atoms with Crippen molar-refractivity contribution in [2.45, 2.75) is 33.6 Å². The summed E-state index contributed by atoms with van der Waals surface area (Å²) in [5, 5.41) is 5.63. The molecule has 0 aromatic carbocycles. The standard InChI is InChI=1S/C12H20BrNS/c1-4-12(3,9-14-5-2)7-11-6-10(13)8-15-11/h6,8,14H,4-5,7,9H2,1-3H3. The molecule has 1 aromatic rings. The van der Waals surface area contributed by atoms with Gasteiger partial charge in [-0.25, -0.2) is 0 Å². The molecule has 15 heavy (non-hydrogen) atoms. The molecule has 0 spiro atoms. The Morgan fingerprint density at radius 1 is 1.47 bits per heavy atom. The highest BCUT2D eigenvalue weighted by molar-refractivity contribution is 9.10. The quantitative estimate of drug-likeness (QED) is 0.832. The molecule has 1 nitrogen and oxygen atoms in total. The molecule has 0 amide bonds. The summed E-state index contributed by atoms with van der Waals surface area (Å²) < 4.78 is 1.21. The molecule has 0 radical (unpaired) electrons. The van der Waals surface area contributed by atoms with Crippen LogP contribution in [-0.4, -0.2) is 13.1 Å². The molecule has 0 saturated heterocycles. The van der Waals surface area contributed by atoms with E-state index in [1.807, 2.05) is 11.3 Å². The van der Waals surface area contributed by atoms with Gasteiger partial charge in [0.05, 0.1) is 0 Å². The van der Waals surface area contributed by atoms with E-state index in [4.69, 9.17) is 0 Å². The summed E-state index contributed by atoms with van der Waals surface area (Å²) >= 11 is 5.36. The first-order valence-electron chi connectivity index (χ1n) is 5.53. The first kappa shape index (κ1) is 13.2. The SMILES string of the molecule is CCNCC(C)(CC)Cc1cc(Br)cs1. The third kappa shape index (κ3) is 4.25. The van der Waals surface area contributed by atoms with Crippen LogP contribution >= 0.6 is 27.3 Å². The van der Waals surface area contributed by atoms with Gasteiger partial charge in [-0.15, -0.1) is 11.3 Å². The Morgan fingerprint density at radius 3 is 2.67 bits per heavy atom. The van der Waals surface area contributed by atoms with Crippen molar-refractivity contribution in [3.05, 3.63) is 20.8 Å². The van der Waals surface area contributed by atoms with Crippen LogP contribution in [0.25, 0.3) is 0 Å².